The summed E-state index contributed by atoms with van der Waals surface area (Å²) in [7, 11) is 2.15. The van der Waals surface area contributed by atoms with Gasteiger partial charge in [0.05, 0.1) is 0 Å². The molecule has 0 amide bonds. The Morgan fingerprint density at radius 1 is 1.22 bits per heavy atom. The van der Waals surface area contributed by atoms with Gasteiger partial charge in [0, 0.05) is 44.6 Å². The topological polar surface area (TPSA) is 58.3 Å². The number of likely N-dealkylation sites (N-methyl/N-ethyl adjacent to an activating group) is 1. The first-order valence-corrected chi connectivity index (χ1v) is 6.69. The molecule has 0 bridgehead atoms. The van der Waals surface area contributed by atoms with Crippen molar-refractivity contribution in [3.63, 3.8) is 0 Å². The predicted molar refractivity (Wildman–Crippen MR) is 73.7 cm³/mol. The Kier molecular flexibility index (Phi) is 4.49. The quantitative estimate of drug-likeness (QED) is 0.842. The molecule has 1 aliphatic rings. The van der Waals surface area contributed by atoms with Crippen molar-refractivity contribution in [1.82, 2.24) is 14.9 Å². The lowest BCUT2D eigenvalue weighted by Crippen LogP contribution is -2.45. The van der Waals surface area contributed by atoms with Crippen molar-refractivity contribution in [2.45, 2.75) is 25.8 Å². The first-order chi connectivity index (χ1) is 8.69. The molecule has 1 aromatic heterocycles. The van der Waals surface area contributed by atoms with E-state index < -0.39 is 0 Å². The summed E-state index contributed by atoms with van der Waals surface area (Å²) in [5, 5.41) is 0. The summed E-state index contributed by atoms with van der Waals surface area (Å²) in [5.41, 5.74) is 7.06. The van der Waals surface area contributed by atoms with Crippen LogP contribution in [0.2, 0.25) is 0 Å². The van der Waals surface area contributed by atoms with Crippen LogP contribution in [0.5, 0.6) is 0 Å². The van der Waals surface area contributed by atoms with Gasteiger partial charge >= 0.3 is 0 Å². The zero-order valence-electron chi connectivity index (χ0n) is 11.3. The maximum atomic E-state index is 5.93. The summed E-state index contributed by atoms with van der Waals surface area (Å²) in [5.74, 6) is 0.844. The molecule has 5 heteroatoms. The van der Waals surface area contributed by atoms with Crippen molar-refractivity contribution < 1.29 is 0 Å². The van der Waals surface area contributed by atoms with Crippen LogP contribution in [0, 0.1) is 0 Å². The van der Waals surface area contributed by atoms with Crippen LogP contribution in [-0.2, 0) is 6.42 Å². The van der Waals surface area contributed by atoms with Gasteiger partial charge in [-0.1, -0.05) is 6.92 Å². The van der Waals surface area contributed by atoms with Crippen LogP contribution in [0.3, 0.4) is 0 Å². The third kappa shape index (κ3) is 3.40. The zero-order chi connectivity index (χ0) is 13.0. The van der Waals surface area contributed by atoms with E-state index in [9.17, 15) is 0 Å². The van der Waals surface area contributed by atoms with E-state index in [0.29, 0.717) is 0 Å². The third-order valence-corrected chi connectivity index (χ3v) is 3.50. The summed E-state index contributed by atoms with van der Waals surface area (Å²) in [6.45, 7) is 6.26. The summed E-state index contributed by atoms with van der Waals surface area (Å²) < 4.78 is 0. The van der Waals surface area contributed by atoms with Crippen molar-refractivity contribution in [2.75, 3.05) is 38.1 Å². The van der Waals surface area contributed by atoms with E-state index in [-0.39, 0.29) is 6.04 Å². The molecule has 0 radical (unpaired) electrons. The molecule has 0 saturated carbocycles. The monoisotopic (exact) mass is 249 g/mol. The van der Waals surface area contributed by atoms with Crippen LogP contribution in [-0.4, -0.2) is 54.1 Å². The van der Waals surface area contributed by atoms with Gasteiger partial charge in [0.2, 0.25) is 5.95 Å². The molecule has 1 atom stereocenters. The van der Waals surface area contributed by atoms with Crippen LogP contribution in [0.25, 0.3) is 0 Å². The Balaban J connectivity index is 1.95. The first kappa shape index (κ1) is 13.2. The van der Waals surface area contributed by atoms with Crippen LogP contribution < -0.4 is 10.6 Å². The first-order valence-electron chi connectivity index (χ1n) is 6.69. The van der Waals surface area contributed by atoms with Gasteiger partial charge in [0.25, 0.3) is 0 Å². The summed E-state index contributed by atoms with van der Waals surface area (Å²) in [6, 6.07) is 0.211. The molecule has 2 N–H and O–H groups in total. The minimum absolute atomic E-state index is 0.211. The SMILES string of the molecule is CCC(N)Cc1cnc(N2CCN(C)CC2)nc1. The Morgan fingerprint density at radius 2 is 1.83 bits per heavy atom. The molecule has 0 aromatic carbocycles. The van der Waals surface area contributed by atoms with Gasteiger partial charge in [-0.15, -0.1) is 0 Å². The predicted octanol–water partition coefficient (Wildman–Crippen LogP) is 0.508. The fourth-order valence-corrected chi connectivity index (χ4v) is 2.07. The molecule has 1 aromatic rings. The van der Waals surface area contributed by atoms with Gasteiger partial charge in [0.1, 0.15) is 0 Å². The number of piperazine rings is 1. The van der Waals surface area contributed by atoms with E-state index in [0.717, 1.165) is 50.5 Å². The minimum atomic E-state index is 0.211. The molecule has 0 spiro atoms. The van der Waals surface area contributed by atoms with Gasteiger partial charge in [-0.2, -0.15) is 0 Å². The van der Waals surface area contributed by atoms with Gasteiger partial charge in [-0.3, -0.25) is 0 Å². The second kappa shape index (κ2) is 6.11. The standard InChI is InChI=1S/C13H23N5/c1-3-12(14)8-11-9-15-13(16-10-11)18-6-4-17(2)5-7-18/h9-10,12H,3-8,14H2,1-2H3. The highest BCUT2D eigenvalue weighted by atomic mass is 15.3. The normalized spacial score (nSPS) is 18.9. The molecule has 5 nitrogen and oxygen atoms in total. The average Bonchev–Trinajstić information content (AvgIpc) is 2.40. The fourth-order valence-electron chi connectivity index (χ4n) is 2.07. The van der Waals surface area contributed by atoms with Gasteiger partial charge in [0.15, 0.2) is 0 Å². The van der Waals surface area contributed by atoms with Crippen LogP contribution in [0.4, 0.5) is 5.95 Å². The van der Waals surface area contributed by atoms with Crippen LogP contribution in [0.15, 0.2) is 12.4 Å². The second-order valence-corrected chi connectivity index (χ2v) is 5.05. The number of hydrogen-bond acceptors (Lipinski definition) is 5. The van der Waals surface area contributed by atoms with Crippen LogP contribution in [0.1, 0.15) is 18.9 Å². The molecular formula is C13H23N5. The molecule has 100 valence electrons. The molecule has 1 fully saturated rings. The lowest BCUT2D eigenvalue weighted by molar-refractivity contribution is 0.311. The van der Waals surface area contributed by atoms with Crippen molar-refractivity contribution in [3.05, 3.63) is 18.0 Å². The summed E-state index contributed by atoms with van der Waals surface area (Å²) >= 11 is 0. The van der Waals surface area contributed by atoms with Gasteiger partial charge in [-0.25, -0.2) is 9.97 Å². The molecule has 1 aliphatic heterocycles. The summed E-state index contributed by atoms with van der Waals surface area (Å²) in [6.07, 6.45) is 5.67. The molecule has 0 aliphatic carbocycles. The van der Waals surface area contributed by atoms with Gasteiger partial charge < -0.3 is 15.5 Å². The van der Waals surface area contributed by atoms with E-state index in [1.54, 1.807) is 0 Å². The number of hydrogen-bond donors (Lipinski definition) is 1. The lowest BCUT2D eigenvalue weighted by Gasteiger charge is -2.32. The fraction of sp³-hybridized carbons (Fsp3) is 0.692. The second-order valence-electron chi connectivity index (χ2n) is 5.05. The molecule has 2 rings (SSSR count). The van der Waals surface area contributed by atoms with Crippen molar-refractivity contribution in [1.29, 1.82) is 0 Å². The van der Waals surface area contributed by atoms with Crippen molar-refractivity contribution in [2.24, 2.45) is 5.73 Å². The van der Waals surface area contributed by atoms with E-state index in [2.05, 4.69) is 33.7 Å². The Hall–Kier alpha value is -1.20. The van der Waals surface area contributed by atoms with Crippen LogP contribution >= 0.6 is 0 Å². The number of aromatic nitrogens is 2. The van der Waals surface area contributed by atoms with E-state index in [1.807, 2.05) is 12.4 Å². The number of nitrogens with zero attached hydrogens (tertiary/aromatic N) is 4. The zero-order valence-corrected chi connectivity index (χ0v) is 11.3. The number of rotatable bonds is 4. The smallest absolute Gasteiger partial charge is 0.225 e. The Bertz CT molecular complexity index is 356. The molecular weight excluding hydrogens is 226 g/mol. The molecule has 1 unspecified atom stereocenters. The maximum Gasteiger partial charge on any atom is 0.225 e. The third-order valence-electron chi connectivity index (χ3n) is 3.50. The highest BCUT2D eigenvalue weighted by Gasteiger charge is 2.16. The minimum Gasteiger partial charge on any atom is -0.338 e. The lowest BCUT2D eigenvalue weighted by atomic mass is 10.1. The van der Waals surface area contributed by atoms with E-state index >= 15 is 0 Å². The maximum absolute atomic E-state index is 5.93. The number of nitrogens with two attached hydrogens (primary N) is 1. The molecule has 2 heterocycles. The number of anilines is 1. The van der Waals surface area contributed by atoms with E-state index in [1.165, 1.54) is 0 Å². The molecule has 18 heavy (non-hydrogen) atoms. The Morgan fingerprint density at radius 3 is 2.39 bits per heavy atom. The largest absolute Gasteiger partial charge is 0.338 e. The van der Waals surface area contributed by atoms with Crippen molar-refractivity contribution >= 4 is 5.95 Å². The highest BCUT2D eigenvalue weighted by Crippen LogP contribution is 2.11. The summed E-state index contributed by atoms with van der Waals surface area (Å²) in [4.78, 5) is 13.5. The highest BCUT2D eigenvalue weighted by molar-refractivity contribution is 5.30. The average molecular weight is 249 g/mol. The van der Waals surface area contributed by atoms with Gasteiger partial charge in [-0.05, 0) is 25.5 Å². The van der Waals surface area contributed by atoms with E-state index in [4.69, 9.17) is 5.73 Å². The molecule has 1 saturated heterocycles. The van der Waals surface area contributed by atoms with Crippen molar-refractivity contribution in [3.8, 4) is 0 Å². The Labute approximate surface area is 109 Å².